The highest BCUT2D eigenvalue weighted by atomic mass is 32.1. The van der Waals surface area contributed by atoms with Gasteiger partial charge in [0.05, 0.1) is 18.3 Å². The number of carbonyl (C=O) groups excluding carboxylic acids is 2. The summed E-state index contributed by atoms with van der Waals surface area (Å²) in [6, 6.07) is 20.5. The summed E-state index contributed by atoms with van der Waals surface area (Å²) in [6.45, 7) is 3.42. The summed E-state index contributed by atoms with van der Waals surface area (Å²) < 4.78 is 20.9. The zero-order chi connectivity index (χ0) is 34.5. The molecule has 1 aliphatic rings. The van der Waals surface area contributed by atoms with Crippen LogP contribution in [0.1, 0.15) is 45.1 Å². The third-order valence-corrected chi connectivity index (χ3v) is 9.30. The summed E-state index contributed by atoms with van der Waals surface area (Å²) in [5, 5.41) is 16.3. The van der Waals surface area contributed by atoms with Crippen LogP contribution in [-0.4, -0.2) is 77.5 Å². The lowest BCUT2D eigenvalue weighted by molar-refractivity contribution is -0.151. The zero-order valence-corrected chi connectivity index (χ0v) is 28.0. The average molecular weight is 695 g/mol. The van der Waals surface area contributed by atoms with Crippen LogP contribution in [0, 0.1) is 6.92 Å². The van der Waals surface area contributed by atoms with Crippen molar-refractivity contribution in [1.82, 2.24) is 39.3 Å². The molecule has 1 fully saturated rings. The fraction of sp³-hybridized carbons (Fsp3) is 0.294. The Bertz CT molecular complexity index is 2010. The van der Waals surface area contributed by atoms with Gasteiger partial charge in [0, 0.05) is 38.7 Å². The first kappa shape index (κ1) is 32.8. The molecule has 1 aliphatic heterocycles. The Morgan fingerprint density at radius 3 is 2.28 bits per heavy atom. The number of anilines is 2. The molecule has 4 atom stereocenters. The smallest absolute Gasteiger partial charge is 0.293 e. The highest BCUT2D eigenvalue weighted by Crippen LogP contribution is 2.43. The molecule has 0 saturated carbocycles. The molecule has 0 spiro atoms. The van der Waals surface area contributed by atoms with E-state index in [0.717, 1.165) is 16.8 Å². The Morgan fingerprint density at radius 1 is 0.920 bits per heavy atom. The number of aryl methyl sites for hydroxylation is 2. The molecule has 1 saturated heterocycles. The van der Waals surface area contributed by atoms with E-state index in [2.05, 4.69) is 50.1 Å². The molecule has 0 radical (unpaired) electrons. The van der Waals surface area contributed by atoms with Gasteiger partial charge < -0.3 is 29.4 Å². The Balaban J connectivity index is 1.25. The number of ether oxygens (including phenoxy) is 3. The van der Waals surface area contributed by atoms with E-state index in [0.29, 0.717) is 65.4 Å². The summed E-state index contributed by atoms with van der Waals surface area (Å²) in [7, 11) is 1.92. The third-order valence-electron chi connectivity index (χ3n) is 8.40. The van der Waals surface area contributed by atoms with Crippen LogP contribution in [0.5, 0.6) is 0 Å². The van der Waals surface area contributed by atoms with Crippen molar-refractivity contribution >= 4 is 47.2 Å². The summed E-state index contributed by atoms with van der Waals surface area (Å²) in [4.78, 5) is 42.2. The maximum absolute atomic E-state index is 11.7. The van der Waals surface area contributed by atoms with Gasteiger partial charge in [-0.05, 0) is 18.1 Å². The maximum Gasteiger partial charge on any atom is 0.293 e. The molecule has 4 aromatic heterocycles. The molecule has 7 rings (SSSR count). The minimum absolute atomic E-state index is 0.00553. The summed E-state index contributed by atoms with van der Waals surface area (Å²) in [6.07, 6.45) is 2.03. The minimum atomic E-state index is -1.04. The Hall–Kier alpha value is -5.74. The molecule has 16 heteroatoms. The second-order valence-corrected chi connectivity index (χ2v) is 12.9. The normalized spacial score (nSPS) is 18.7. The maximum atomic E-state index is 11.7. The predicted octanol–water partition coefficient (Wildman–Crippen LogP) is 3.97. The number of carbonyl (C=O) groups is 2. The van der Waals surface area contributed by atoms with E-state index >= 15 is 0 Å². The van der Waals surface area contributed by atoms with E-state index in [1.54, 1.807) is 24.1 Å². The largest absolute Gasteiger partial charge is 0.457 e. The summed E-state index contributed by atoms with van der Waals surface area (Å²) in [5.41, 5.74) is 4.08. The number of hydrogen-bond acceptors (Lipinski definition) is 14. The van der Waals surface area contributed by atoms with Gasteiger partial charge in [-0.15, -0.1) is 10.2 Å². The summed E-state index contributed by atoms with van der Waals surface area (Å²) in [5.74, 6) is 0.844. The fourth-order valence-electron chi connectivity index (χ4n) is 6.11. The van der Waals surface area contributed by atoms with Gasteiger partial charge in [0.15, 0.2) is 46.5 Å². The van der Waals surface area contributed by atoms with Crippen molar-refractivity contribution in [3.8, 4) is 0 Å². The molecule has 15 nitrogen and oxygen atoms in total. The number of hydrogen-bond donors (Lipinski definition) is 2. The second kappa shape index (κ2) is 14.8. The van der Waals surface area contributed by atoms with E-state index in [4.69, 9.17) is 29.2 Å². The van der Waals surface area contributed by atoms with E-state index in [1.165, 1.54) is 11.3 Å². The van der Waals surface area contributed by atoms with Crippen molar-refractivity contribution in [3.05, 3.63) is 106 Å². The van der Waals surface area contributed by atoms with Gasteiger partial charge in [-0.25, -0.2) is 9.97 Å². The van der Waals surface area contributed by atoms with Gasteiger partial charge in [-0.3, -0.25) is 14.2 Å². The first-order chi connectivity index (χ1) is 24.5. The number of imidazole rings is 2. The molecule has 256 valence electrons. The van der Waals surface area contributed by atoms with E-state index in [-0.39, 0.29) is 5.92 Å². The van der Waals surface area contributed by atoms with Crippen molar-refractivity contribution in [1.29, 1.82) is 0 Å². The molecule has 0 amide bonds. The minimum Gasteiger partial charge on any atom is -0.457 e. The van der Waals surface area contributed by atoms with Gasteiger partial charge >= 0.3 is 0 Å². The predicted molar refractivity (Wildman–Crippen MR) is 183 cm³/mol. The first-order valence-corrected chi connectivity index (χ1v) is 16.8. The number of nitrogens with zero attached hydrogens (tertiary/aromatic N) is 8. The number of benzene rings is 2. The number of nitrogens with one attached hydrogen (secondary N) is 2. The molecular weight excluding hydrogens is 661 g/mol. The summed E-state index contributed by atoms with van der Waals surface area (Å²) >= 11 is 1.29. The lowest BCUT2D eigenvalue weighted by Crippen LogP contribution is -2.34. The Kier molecular flexibility index (Phi) is 9.70. The van der Waals surface area contributed by atoms with Crippen molar-refractivity contribution in [2.45, 2.75) is 43.8 Å². The monoisotopic (exact) mass is 694 g/mol. The molecule has 2 aromatic carbocycles. The van der Waals surface area contributed by atoms with Gasteiger partial charge in [-0.1, -0.05) is 72.0 Å². The highest BCUT2D eigenvalue weighted by molar-refractivity contribution is 7.11. The van der Waals surface area contributed by atoms with Crippen LogP contribution in [-0.2, 0) is 37.3 Å². The molecule has 5 heterocycles. The van der Waals surface area contributed by atoms with Crippen LogP contribution in [0.3, 0.4) is 0 Å². The van der Waals surface area contributed by atoms with Gasteiger partial charge in [0.25, 0.3) is 12.9 Å². The van der Waals surface area contributed by atoms with E-state index < -0.39 is 24.5 Å². The third kappa shape index (κ3) is 6.88. The standard InChI is InChI=1S/C34H34N10O5S/c1-21-41-42-32(50-21)28-27(47-19-45)29(48-20-46)33(49-28)44-18-38-26-30(39-34(40-31(26)44)35-14-13-24-16-43(2)17-37-24)36-15-25(22-9-5-3-6-10-22)23-11-7-4-8-12-23/h3-12,16-20,25,27-29,33H,13-15H2,1-2H3,(H2,35,36,39,40)/t27-,28+,29-,33-/m1/s1. The van der Waals surface area contributed by atoms with Crippen molar-refractivity contribution < 1.29 is 23.8 Å². The molecular formula is C34H34N10O5S. The topological polar surface area (TPSA) is 173 Å². The molecule has 0 unspecified atom stereocenters. The highest BCUT2D eigenvalue weighted by Gasteiger charge is 2.51. The number of fused-ring (bicyclic) bond motifs is 1. The average Bonchev–Trinajstić information content (AvgIpc) is 3.93. The lowest BCUT2D eigenvalue weighted by Gasteiger charge is -2.21. The number of rotatable bonds is 15. The van der Waals surface area contributed by atoms with Gasteiger partial charge in [0.2, 0.25) is 5.95 Å². The van der Waals surface area contributed by atoms with Crippen LogP contribution in [0.15, 0.2) is 79.5 Å². The SMILES string of the molecule is Cc1nnc([C@H]2O[C@@H](n3cnc4c(NCC(c5ccccc5)c5ccccc5)nc(NCCc5cn(C)cn5)nc43)[C@H](OC=O)[C@@H]2OC=O)s1. The quantitative estimate of drug-likeness (QED) is 0.148. The fourth-order valence-corrected chi connectivity index (χ4v) is 6.88. The molecule has 50 heavy (non-hydrogen) atoms. The zero-order valence-electron chi connectivity index (χ0n) is 27.2. The van der Waals surface area contributed by atoms with Crippen LogP contribution in [0.25, 0.3) is 11.2 Å². The van der Waals surface area contributed by atoms with E-state index in [1.807, 2.05) is 54.2 Å². The van der Waals surface area contributed by atoms with Crippen LogP contribution >= 0.6 is 11.3 Å². The van der Waals surface area contributed by atoms with Crippen LogP contribution in [0.4, 0.5) is 11.8 Å². The van der Waals surface area contributed by atoms with Gasteiger partial charge in [0.1, 0.15) is 5.01 Å². The molecule has 0 bridgehead atoms. The van der Waals surface area contributed by atoms with E-state index in [9.17, 15) is 9.59 Å². The van der Waals surface area contributed by atoms with Crippen molar-refractivity contribution in [3.63, 3.8) is 0 Å². The van der Waals surface area contributed by atoms with Crippen molar-refractivity contribution in [2.75, 3.05) is 23.7 Å². The first-order valence-electron chi connectivity index (χ1n) is 15.9. The second-order valence-electron chi connectivity index (χ2n) is 11.7. The molecule has 6 aromatic rings. The number of aromatic nitrogens is 8. The molecule has 0 aliphatic carbocycles. The van der Waals surface area contributed by atoms with Crippen LogP contribution in [0.2, 0.25) is 0 Å². The van der Waals surface area contributed by atoms with Gasteiger partial charge in [-0.2, -0.15) is 9.97 Å². The Labute approximate surface area is 290 Å². The Morgan fingerprint density at radius 2 is 1.64 bits per heavy atom. The molecule has 2 N–H and O–H groups in total. The van der Waals surface area contributed by atoms with Crippen molar-refractivity contribution in [2.24, 2.45) is 7.05 Å². The lowest BCUT2D eigenvalue weighted by atomic mass is 9.91. The van der Waals surface area contributed by atoms with Crippen LogP contribution < -0.4 is 10.6 Å².